The number of anilines is 2. The molecule has 1 heterocycles. The standard InChI is InChI=1S/C15H21N3/c1-3-4-5-11(2)18-14-8-9-17-15-10-12(16)6-7-13(14)15/h6-11H,3-5,16H2,1-2H3,(H,17,18). The van der Waals surface area contributed by atoms with Crippen LogP contribution >= 0.6 is 0 Å². The Morgan fingerprint density at radius 2 is 2.17 bits per heavy atom. The van der Waals surface area contributed by atoms with Gasteiger partial charge in [-0.25, -0.2) is 0 Å². The number of nitrogen functional groups attached to an aromatic ring is 1. The van der Waals surface area contributed by atoms with Crippen LogP contribution in [0.4, 0.5) is 11.4 Å². The van der Waals surface area contributed by atoms with Crippen LogP contribution in [0.25, 0.3) is 10.9 Å². The summed E-state index contributed by atoms with van der Waals surface area (Å²) in [6.45, 7) is 4.44. The average Bonchev–Trinajstić information content (AvgIpc) is 2.36. The van der Waals surface area contributed by atoms with Crippen molar-refractivity contribution in [1.82, 2.24) is 4.98 Å². The van der Waals surface area contributed by atoms with Crippen molar-refractivity contribution >= 4 is 22.3 Å². The molecular formula is C15H21N3. The van der Waals surface area contributed by atoms with Gasteiger partial charge < -0.3 is 11.1 Å². The van der Waals surface area contributed by atoms with Gasteiger partial charge in [0.25, 0.3) is 0 Å². The SMILES string of the molecule is CCCCC(C)Nc1ccnc2cc(N)ccc12. The summed E-state index contributed by atoms with van der Waals surface area (Å²) < 4.78 is 0. The van der Waals surface area contributed by atoms with Gasteiger partial charge in [0.15, 0.2) is 0 Å². The molecule has 0 spiro atoms. The fourth-order valence-electron chi connectivity index (χ4n) is 2.14. The van der Waals surface area contributed by atoms with Crippen molar-refractivity contribution in [2.24, 2.45) is 0 Å². The topological polar surface area (TPSA) is 50.9 Å². The third kappa shape index (κ3) is 2.92. The lowest BCUT2D eigenvalue weighted by atomic mass is 10.1. The second-order valence-electron chi connectivity index (χ2n) is 4.82. The first-order chi connectivity index (χ1) is 8.70. The molecule has 1 atom stereocenters. The molecule has 2 aromatic rings. The van der Waals surface area contributed by atoms with Crippen LogP contribution in [0.15, 0.2) is 30.5 Å². The van der Waals surface area contributed by atoms with E-state index < -0.39 is 0 Å². The molecule has 0 fully saturated rings. The molecule has 0 aliphatic carbocycles. The Morgan fingerprint density at radius 3 is 2.94 bits per heavy atom. The molecule has 0 amide bonds. The first-order valence-electron chi connectivity index (χ1n) is 6.61. The molecule has 3 nitrogen and oxygen atoms in total. The first-order valence-corrected chi connectivity index (χ1v) is 6.61. The smallest absolute Gasteiger partial charge is 0.0743 e. The quantitative estimate of drug-likeness (QED) is 0.785. The van der Waals surface area contributed by atoms with E-state index in [2.05, 4.69) is 24.1 Å². The highest BCUT2D eigenvalue weighted by atomic mass is 14.9. The second kappa shape index (κ2) is 5.71. The summed E-state index contributed by atoms with van der Waals surface area (Å²) >= 11 is 0. The molecule has 0 radical (unpaired) electrons. The number of pyridine rings is 1. The number of hydrogen-bond acceptors (Lipinski definition) is 3. The van der Waals surface area contributed by atoms with Crippen LogP contribution in [-0.4, -0.2) is 11.0 Å². The van der Waals surface area contributed by atoms with Crippen molar-refractivity contribution in [1.29, 1.82) is 0 Å². The van der Waals surface area contributed by atoms with E-state index in [9.17, 15) is 0 Å². The van der Waals surface area contributed by atoms with Gasteiger partial charge in [-0.2, -0.15) is 0 Å². The van der Waals surface area contributed by atoms with Gasteiger partial charge in [0.2, 0.25) is 0 Å². The minimum Gasteiger partial charge on any atom is -0.399 e. The number of rotatable bonds is 5. The van der Waals surface area contributed by atoms with Crippen molar-refractivity contribution in [3.8, 4) is 0 Å². The van der Waals surface area contributed by atoms with Gasteiger partial charge in [0, 0.05) is 29.0 Å². The molecule has 2 rings (SSSR count). The minimum absolute atomic E-state index is 0.480. The fourth-order valence-corrected chi connectivity index (χ4v) is 2.14. The zero-order valence-electron chi connectivity index (χ0n) is 11.1. The molecule has 3 heteroatoms. The number of unbranched alkanes of at least 4 members (excludes halogenated alkanes) is 1. The zero-order valence-corrected chi connectivity index (χ0v) is 11.1. The highest BCUT2D eigenvalue weighted by Gasteiger charge is 2.05. The maximum absolute atomic E-state index is 5.78. The first kappa shape index (κ1) is 12.7. The summed E-state index contributed by atoms with van der Waals surface area (Å²) in [6.07, 6.45) is 5.51. The van der Waals surface area contributed by atoms with Crippen LogP contribution in [0.5, 0.6) is 0 Å². The second-order valence-corrected chi connectivity index (χ2v) is 4.82. The minimum atomic E-state index is 0.480. The molecule has 1 aromatic heterocycles. The summed E-state index contributed by atoms with van der Waals surface area (Å²) in [5, 5.41) is 4.69. The van der Waals surface area contributed by atoms with Crippen LogP contribution in [0.1, 0.15) is 33.1 Å². The van der Waals surface area contributed by atoms with E-state index in [1.165, 1.54) is 19.3 Å². The molecule has 0 aliphatic heterocycles. The van der Waals surface area contributed by atoms with Gasteiger partial charge >= 0.3 is 0 Å². The lowest BCUT2D eigenvalue weighted by molar-refractivity contribution is 0.645. The van der Waals surface area contributed by atoms with Crippen LogP contribution in [0, 0.1) is 0 Å². The lowest BCUT2D eigenvalue weighted by Gasteiger charge is -2.16. The Bertz CT molecular complexity index is 522. The number of nitrogens with two attached hydrogens (primary N) is 1. The van der Waals surface area contributed by atoms with E-state index in [0.717, 1.165) is 22.3 Å². The molecule has 0 saturated carbocycles. The van der Waals surface area contributed by atoms with E-state index in [1.807, 2.05) is 30.5 Å². The maximum Gasteiger partial charge on any atom is 0.0743 e. The third-order valence-corrected chi connectivity index (χ3v) is 3.16. The summed E-state index contributed by atoms with van der Waals surface area (Å²) in [5.41, 5.74) is 8.63. The number of fused-ring (bicyclic) bond motifs is 1. The average molecular weight is 243 g/mol. The molecule has 1 aromatic carbocycles. The maximum atomic E-state index is 5.78. The molecule has 0 aliphatic rings. The van der Waals surface area contributed by atoms with E-state index in [1.54, 1.807) is 0 Å². The molecule has 3 N–H and O–H groups in total. The molecule has 96 valence electrons. The Labute approximate surface area is 108 Å². The van der Waals surface area contributed by atoms with Crippen molar-refractivity contribution in [2.45, 2.75) is 39.2 Å². The summed E-state index contributed by atoms with van der Waals surface area (Å²) in [4.78, 5) is 4.35. The summed E-state index contributed by atoms with van der Waals surface area (Å²) in [6, 6.07) is 8.38. The number of nitrogens with one attached hydrogen (secondary N) is 1. The lowest BCUT2D eigenvalue weighted by Crippen LogP contribution is -2.15. The Morgan fingerprint density at radius 1 is 1.33 bits per heavy atom. The highest BCUT2D eigenvalue weighted by molar-refractivity contribution is 5.92. The third-order valence-electron chi connectivity index (χ3n) is 3.16. The predicted octanol–water partition coefficient (Wildman–Crippen LogP) is 3.81. The van der Waals surface area contributed by atoms with E-state index >= 15 is 0 Å². The Hall–Kier alpha value is -1.77. The summed E-state index contributed by atoms with van der Waals surface area (Å²) in [5.74, 6) is 0. The summed E-state index contributed by atoms with van der Waals surface area (Å²) in [7, 11) is 0. The van der Waals surface area contributed by atoms with Gasteiger partial charge in [-0.3, -0.25) is 4.98 Å². The highest BCUT2D eigenvalue weighted by Crippen LogP contribution is 2.24. The van der Waals surface area contributed by atoms with Crippen molar-refractivity contribution in [3.05, 3.63) is 30.5 Å². The van der Waals surface area contributed by atoms with Crippen LogP contribution in [0.3, 0.4) is 0 Å². The van der Waals surface area contributed by atoms with E-state index in [0.29, 0.717) is 6.04 Å². The van der Waals surface area contributed by atoms with Crippen LogP contribution < -0.4 is 11.1 Å². The van der Waals surface area contributed by atoms with Gasteiger partial charge in [-0.1, -0.05) is 19.8 Å². The molecule has 0 saturated heterocycles. The van der Waals surface area contributed by atoms with Gasteiger partial charge in [0.1, 0.15) is 0 Å². The van der Waals surface area contributed by atoms with Crippen molar-refractivity contribution < 1.29 is 0 Å². The van der Waals surface area contributed by atoms with E-state index in [4.69, 9.17) is 5.73 Å². The number of hydrogen-bond donors (Lipinski definition) is 2. The number of benzene rings is 1. The molecule has 1 unspecified atom stereocenters. The van der Waals surface area contributed by atoms with E-state index in [-0.39, 0.29) is 0 Å². The van der Waals surface area contributed by atoms with Gasteiger partial charge in [-0.05, 0) is 37.6 Å². The van der Waals surface area contributed by atoms with Crippen LogP contribution in [0.2, 0.25) is 0 Å². The normalized spacial score (nSPS) is 12.6. The number of nitrogens with zero attached hydrogens (tertiary/aromatic N) is 1. The fraction of sp³-hybridized carbons (Fsp3) is 0.400. The van der Waals surface area contributed by atoms with Crippen molar-refractivity contribution in [3.63, 3.8) is 0 Å². The molecule has 0 bridgehead atoms. The monoisotopic (exact) mass is 243 g/mol. The largest absolute Gasteiger partial charge is 0.399 e. The van der Waals surface area contributed by atoms with Gasteiger partial charge in [-0.15, -0.1) is 0 Å². The predicted molar refractivity (Wildman–Crippen MR) is 78.8 cm³/mol. The Balaban J connectivity index is 2.22. The number of aromatic nitrogens is 1. The van der Waals surface area contributed by atoms with Crippen molar-refractivity contribution in [2.75, 3.05) is 11.1 Å². The Kier molecular flexibility index (Phi) is 4.03. The van der Waals surface area contributed by atoms with Gasteiger partial charge in [0.05, 0.1) is 5.52 Å². The van der Waals surface area contributed by atoms with Crippen LogP contribution in [-0.2, 0) is 0 Å². The molecular weight excluding hydrogens is 222 g/mol. The zero-order chi connectivity index (χ0) is 13.0. The molecule has 18 heavy (non-hydrogen) atoms.